The van der Waals surface area contributed by atoms with Crippen LogP contribution in [-0.4, -0.2) is 99.8 Å². The first-order valence-electron chi connectivity index (χ1n) is 19.5. The van der Waals surface area contributed by atoms with Crippen molar-refractivity contribution in [3.63, 3.8) is 0 Å². The minimum Gasteiger partial charge on any atom is -0.369 e. The summed E-state index contributed by atoms with van der Waals surface area (Å²) in [4.78, 5) is 66.2. The number of hydrogen-bond donors (Lipinski definition) is 1. The Morgan fingerprint density at radius 2 is 1.50 bits per heavy atom. The Hall–Kier alpha value is -5.90. The summed E-state index contributed by atoms with van der Waals surface area (Å²) in [5.74, 6) is -1.67. The number of nitrogens with one attached hydrogen (secondary N) is 1. The van der Waals surface area contributed by atoms with Crippen LogP contribution in [-0.2, 0) is 22.8 Å². The number of nitrogens with zero attached hydrogens (tertiary/aromatic N) is 7. The van der Waals surface area contributed by atoms with Gasteiger partial charge in [0, 0.05) is 92.7 Å². The monoisotopic (exact) mass is 796 g/mol. The molecule has 4 amide bonds. The molecule has 4 aliphatic heterocycles. The Kier molecular flexibility index (Phi) is 9.41. The topological polar surface area (TPSA) is 124 Å². The van der Waals surface area contributed by atoms with Crippen molar-refractivity contribution in [1.29, 1.82) is 0 Å². The average Bonchev–Trinajstić information content (AvgIpc) is 3.64. The van der Waals surface area contributed by atoms with E-state index in [1.165, 1.54) is 12.3 Å². The van der Waals surface area contributed by atoms with Gasteiger partial charge in [0.25, 0.3) is 11.8 Å². The molecule has 300 valence electrons. The van der Waals surface area contributed by atoms with Gasteiger partial charge in [-0.15, -0.1) is 0 Å². The van der Waals surface area contributed by atoms with E-state index in [4.69, 9.17) is 0 Å². The van der Waals surface area contributed by atoms with Crippen LogP contribution in [0.25, 0.3) is 32.9 Å². The van der Waals surface area contributed by atoms with Gasteiger partial charge in [0.15, 0.2) is 11.6 Å². The van der Waals surface area contributed by atoms with Gasteiger partial charge >= 0.3 is 6.18 Å². The second-order valence-corrected chi connectivity index (χ2v) is 15.6. The first-order valence-corrected chi connectivity index (χ1v) is 19.5. The summed E-state index contributed by atoms with van der Waals surface area (Å²) in [7, 11) is 1.70. The number of piperidine rings is 2. The Morgan fingerprint density at radius 1 is 0.759 bits per heavy atom. The first-order chi connectivity index (χ1) is 27.8. The number of imide groups is 2. The number of alkyl halides is 3. The molecular weight excluding hydrogens is 757 g/mol. The van der Waals surface area contributed by atoms with Gasteiger partial charge in [-0.1, -0.05) is 12.1 Å². The number of piperazine rings is 1. The van der Waals surface area contributed by atoms with Crippen LogP contribution in [0.2, 0.25) is 0 Å². The molecule has 4 aliphatic rings. The lowest BCUT2D eigenvalue weighted by Crippen LogP contribution is -2.54. The third kappa shape index (κ3) is 6.72. The van der Waals surface area contributed by atoms with E-state index >= 15 is 4.39 Å². The van der Waals surface area contributed by atoms with Gasteiger partial charge < -0.3 is 14.4 Å². The van der Waals surface area contributed by atoms with E-state index in [-0.39, 0.29) is 24.0 Å². The van der Waals surface area contributed by atoms with Crippen molar-refractivity contribution in [2.24, 2.45) is 13.0 Å². The number of aromatic nitrogens is 3. The molecule has 3 aromatic heterocycles. The minimum atomic E-state index is -4.55. The molecule has 1 atom stereocenters. The van der Waals surface area contributed by atoms with Crippen LogP contribution in [0.1, 0.15) is 58.5 Å². The number of carbonyl (C=O) groups excluding carboxylic acids is 4. The Bertz CT molecular complexity index is 2500. The van der Waals surface area contributed by atoms with Crippen molar-refractivity contribution in [3.8, 4) is 11.1 Å². The third-order valence-corrected chi connectivity index (χ3v) is 12.3. The Balaban J connectivity index is 0.769. The molecule has 0 aliphatic carbocycles. The summed E-state index contributed by atoms with van der Waals surface area (Å²) in [6.45, 7) is 5.53. The van der Waals surface area contributed by atoms with E-state index in [0.29, 0.717) is 52.4 Å². The molecule has 0 bridgehead atoms. The second kappa shape index (κ2) is 14.5. The van der Waals surface area contributed by atoms with Crippen LogP contribution in [0.3, 0.4) is 0 Å². The van der Waals surface area contributed by atoms with Crippen LogP contribution in [0.4, 0.5) is 29.1 Å². The molecule has 9 rings (SSSR count). The highest BCUT2D eigenvalue weighted by atomic mass is 19.4. The van der Waals surface area contributed by atoms with Crippen molar-refractivity contribution in [2.45, 2.75) is 44.3 Å². The molecule has 3 fully saturated rings. The molecule has 12 nitrogen and oxygen atoms in total. The molecule has 3 saturated heterocycles. The number of amides is 4. The van der Waals surface area contributed by atoms with Gasteiger partial charge in [-0.2, -0.15) is 13.2 Å². The van der Waals surface area contributed by atoms with E-state index in [2.05, 4.69) is 25.1 Å². The lowest BCUT2D eigenvalue weighted by Gasteiger charge is -2.38. The lowest BCUT2D eigenvalue weighted by molar-refractivity contribution is -0.141. The van der Waals surface area contributed by atoms with Gasteiger partial charge in [-0.3, -0.25) is 39.3 Å². The highest BCUT2D eigenvalue weighted by Crippen LogP contribution is 2.36. The molecule has 58 heavy (non-hydrogen) atoms. The first kappa shape index (κ1) is 37.7. The van der Waals surface area contributed by atoms with Crippen LogP contribution >= 0.6 is 0 Å². The van der Waals surface area contributed by atoms with Crippen molar-refractivity contribution < 1.29 is 36.7 Å². The maximum atomic E-state index is 15.6. The maximum Gasteiger partial charge on any atom is 0.433 e. The third-order valence-electron chi connectivity index (χ3n) is 12.3. The molecule has 0 radical (unpaired) electrons. The number of hydrogen-bond acceptors (Lipinski definition) is 9. The molecule has 2 aromatic carbocycles. The Morgan fingerprint density at radius 3 is 2.22 bits per heavy atom. The zero-order valence-electron chi connectivity index (χ0n) is 31.7. The van der Waals surface area contributed by atoms with Crippen molar-refractivity contribution in [1.82, 2.24) is 29.7 Å². The smallest absolute Gasteiger partial charge is 0.369 e. The largest absolute Gasteiger partial charge is 0.433 e. The molecule has 0 spiro atoms. The summed E-state index contributed by atoms with van der Waals surface area (Å²) in [5, 5.41) is 3.59. The molecule has 7 heterocycles. The molecule has 0 saturated carbocycles. The average molecular weight is 797 g/mol. The predicted molar refractivity (Wildman–Crippen MR) is 208 cm³/mol. The molecule has 5 aromatic rings. The summed E-state index contributed by atoms with van der Waals surface area (Å²) < 4.78 is 57.3. The summed E-state index contributed by atoms with van der Waals surface area (Å²) in [6.07, 6.45) is 1.40. The van der Waals surface area contributed by atoms with Gasteiger partial charge in [0.1, 0.15) is 11.7 Å². The van der Waals surface area contributed by atoms with E-state index in [1.54, 1.807) is 29.9 Å². The maximum absolute atomic E-state index is 15.6. The van der Waals surface area contributed by atoms with Gasteiger partial charge in [0.2, 0.25) is 11.8 Å². The number of aryl methyl sites for hydroxylation is 1. The number of pyridine rings is 2. The number of anilines is 2. The number of benzene rings is 2. The molecular formula is C42H40F4N8O4. The van der Waals surface area contributed by atoms with E-state index < -0.39 is 47.4 Å². The number of fused-ring (bicyclic) bond motifs is 4. The Labute approximate surface area is 330 Å². The summed E-state index contributed by atoms with van der Waals surface area (Å²) in [6, 6.07) is 12.2. The quantitative estimate of drug-likeness (QED) is 0.162. The fourth-order valence-electron chi connectivity index (χ4n) is 8.94. The normalized spacial score (nSPS) is 19.8. The second-order valence-electron chi connectivity index (χ2n) is 15.6. The van der Waals surface area contributed by atoms with Crippen molar-refractivity contribution in [3.05, 3.63) is 83.6 Å². The van der Waals surface area contributed by atoms with E-state index in [0.717, 1.165) is 74.0 Å². The van der Waals surface area contributed by atoms with Crippen molar-refractivity contribution >= 4 is 56.9 Å². The highest BCUT2D eigenvalue weighted by Gasteiger charge is 2.45. The predicted octanol–water partition coefficient (Wildman–Crippen LogP) is 5.78. The molecule has 1 N–H and O–H groups in total. The fourth-order valence-corrected chi connectivity index (χ4v) is 8.94. The van der Waals surface area contributed by atoms with Crippen LogP contribution in [0, 0.1) is 11.7 Å². The van der Waals surface area contributed by atoms with Crippen LogP contribution < -0.4 is 15.1 Å². The zero-order valence-corrected chi connectivity index (χ0v) is 31.7. The lowest BCUT2D eigenvalue weighted by atomic mass is 9.93. The number of rotatable bonds is 7. The SMILES string of the molecule is Cn1c2cc(-c3cnc(N4CCC(CCN5CCN(c6ccc7c(c6)C(=O)N(C6CCC(=O)NC6=O)C7=O)CC5)CC4)c(F)c3)ccc2c2cnc(C(F)(F)F)cc21. The van der Waals surface area contributed by atoms with Crippen LogP contribution in [0.5, 0.6) is 0 Å². The molecule has 16 heteroatoms. The van der Waals surface area contributed by atoms with Gasteiger partial charge in [-0.25, -0.2) is 9.37 Å². The van der Waals surface area contributed by atoms with E-state index in [1.807, 2.05) is 29.2 Å². The summed E-state index contributed by atoms with van der Waals surface area (Å²) in [5.41, 5.74) is 2.84. The summed E-state index contributed by atoms with van der Waals surface area (Å²) >= 11 is 0. The van der Waals surface area contributed by atoms with E-state index in [9.17, 15) is 32.3 Å². The fraction of sp³-hybridized carbons (Fsp3) is 0.381. The number of halogens is 4. The standard InChI is InChI=1S/C42H40F4N8O4/c1-50-34-19-25(2-4-28(34)31-23-47-36(21-35(31)50)42(44,45)46)26-18-32(43)38(48-22-26)53-12-9-24(10-13-53)8-11-51-14-16-52(17-15-51)27-3-5-29-30(20-27)41(58)54(40(29)57)33-6-7-37(55)49-39(33)56/h2-5,18-24,33H,6-17H2,1H3,(H,49,55,56). The highest BCUT2D eigenvalue weighted by molar-refractivity contribution is 6.23. The van der Waals surface area contributed by atoms with Crippen molar-refractivity contribution in [2.75, 3.05) is 55.6 Å². The number of carbonyl (C=O) groups is 4. The van der Waals surface area contributed by atoms with Gasteiger partial charge in [-0.05, 0) is 80.1 Å². The zero-order chi connectivity index (χ0) is 40.5. The van der Waals surface area contributed by atoms with Crippen LogP contribution in [0.15, 0.2) is 60.9 Å². The minimum absolute atomic E-state index is 0.0730. The molecule has 1 unspecified atom stereocenters. The van der Waals surface area contributed by atoms with Gasteiger partial charge in [0.05, 0.1) is 16.6 Å².